The maximum absolute atomic E-state index is 12.8. The van der Waals surface area contributed by atoms with Crippen LogP contribution in [0.15, 0.2) is 70.5 Å². The van der Waals surface area contributed by atoms with Crippen molar-refractivity contribution in [3.05, 3.63) is 92.3 Å². The number of rotatable bonds is 7. The van der Waals surface area contributed by atoms with Crippen molar-refractivity contribution < 1.29 is 17.9 Å². The molecule has 0 aliphatic rings. The number of methoxy groups -OCH3 is 1. The molecule has 164 valence electrons. The van der Waals surface area contributed by atoms with E-state index in [1.807, 2.05) is 6.92 Å². The van der Waals surface area contributed by atoms with Gasteiger partial charge in [0.25, 0.3) is 0 Å². The van der Waals surface area contributed by atoms with Crippen LogP contribution in [0.25, 0.3) is 6.08 Å². The van der Waals surface area contributed by atoms with Crippen LogP contribution in [-0.4, -0.2) is 15.5 Å². The van der Waals surface area contributed by atoms with Crippen molar-refractivity contribution in [1.29, 1.82) is 5.26 Å². The van der Waals surface area contributed by atoms with E-state index in [2.05, 4.69) is 0 Å². The van der Waals surface area contributed by atoms with Gasteiger partial charge in [-0.1, -0.05) is 53.0 Å². The van der Waals surface area contributed by atoms with Gasteiger partial charge in [0.2, 0.25) is 9.84 Å². The zero-order valence-corrected chi connectivity index (χ0v) is 19.6. The lowest BCUT2D eigenvalue weighted by molar-refractivity contribution is 0.284. The van der Waals surface area contributed by atoms with Crippen LogP contribution in [-0.2, 0) is 16.4 Å². The van der Waals surface area contributed by atoms with Crippen molar-refractivity contribution in [2.45, 2.75) is 18.4 Å². The minimum Gasteiger partial charge on any atom is -0.493 e. The predicted molar refractivity (Wildman–Crippen MR) is 126 cm³/mol. The Labute approximate surface area is 197 Å². The molecule has 0 unspecified atom stereocenters. The Morgan fingerprint density at radius 3 is 2.38 bits per heavy atom. The summed E-state index contributed by atoms with van der Waals surface area (Å²) in [6, 6.07) is 18.1. The highest BCUT2D eigenvalue weighted by Crippen LogP contribution is 2.31. The summed E-state index contributed by atoms with van der Waals surface area (Å²) < 4.78 is 36.9. The lowest BCUT2D eigenvalue weighted by Crippen LogP contribution is -2.03. The molecular formula is C24H19Cl2NO4S. The van der Waals surface area contributed by atoms with Gasteiger partial charge in [-0.2, -0.15) is 5.26 Å². The summed E-state index contributed by atoms with van der Waals surface area (Å²) in [6.45, 7) is 2.04. The minimum atomic E-state index is -3.95. The van der Waals surface area contributed by atoms with Crippen LogP contribution < -0.4 is 9.47 Å². The zero-order chi connectivity index (χ0) is 23.3. The number of benzene rings is 3. The number of nitriles is 1. The number of allylic oxidation sites excluding steroid dienone is 1. The van der Waals surface area contributed by atoms with Gasteiger partial charge in [0, 0.05) is 15.6 Å². The van der Waals surface area contributed by atoms with E-state index in [9.17, 15) is 13.7 Å². The number of hydrogen-bond acceptors (Lipinski definition) is 5. The first-order valence-electron chi connectivity index (χ1n) is 9.43. The Hall–Kier alpha value is -2.98. The average Bonchev–Trinajstić information content (AvgIpc) is 2.77. The second kappa shape index (κ2) is 10.1. The van der Waals surface area contributed by atoms with E-state index in [-0.39, 0.29) is 16.4 Å². The number of nitrogens with zero attached hydrogens (tertiary/aromatic N) is 1. The summed E-state index contributed by atoms with van der Waals surface area (Å²) in [5, 5.41) is 10.5. The molecule has 0 N–H and O–H groups in total. The molecular weight excluding hydrogens is 469 g/mol. The number of aryl methyl sites for hydroxylation is 1. The van der Waals surface area contributed by atoms with Gasteiger partial charge in [0.15, 0.2) is 11.5 Å². The fourth-order valence-corrected chi connectivity index (χ4v) is 4.48. The molecule has 8 heteroatoms. The normalized spacial score (nSPS) is 11.7. The molecule has 0 aliphatic heterocycles. The third-order valence-corrected chi connectivity index (χ3v) is 6.88. The summed E-state index contributed by atoms with van der Waals surface area (Å²) in [5.74, 6) is 0.824. The van der Waals surface area contributed by atoms with E-state index in [1.165, 1.54) is 25.3 Å². The van der Waals surface area contributed by atoms with E-state index in [0.29, 0.717) is 27.1 Å². The van der Waals surface area contributed by atoms with Gasteiger partial charge >= 0.3 is 0 Å². The molecule has 0 radical (unpaired) electrons. The molecule has 0 bridgehead atoms. The molecule has 0 amide bonds. The predicted octanol–water partition coefficient (Wildman–Crippen LogP) is 6.23. The Bertz CT molecular complexity index is 1310. The van der Waals surface area contributed by atoms with Crippen LogP contribution in [0.4, 0.5) is 0 Å². The first-order chi connectivity index (χ1) is 15.2. The van der Waals surface area contributed by atoms with Gasteiger partial charge in [0.05, 0.1) is 12.0 Å². The smallest absolute Gasteiger partial charge is 0.216 e. The maximum Gasteiger partial charge on any atom is 0.216 e. The molecule has 0 saturated carbocycles. The van der Waals surface area contributed by atoms with Crippen molar-refractivity contribution in [3.8, 4) is 17.6 Å². The number of ether oxygens (including phenoxy) is 2. The Morgan fingerprint density at radius 2 is 1.75 bits per heavy atom. The van der Waals surface area contributed by atoms with Crippen LogP contribution in [0.1, 0.15) is 16.7 Å². The molecule has 32 heavy (non-hydrogen) atoms. The van der Waals surface area contributed by atoms with E-state index in [4.69, 9.17) is 32.7 Å². The van der Waals surface area contributed by atoms with Crippen LogP contribution in [0.5, 0.6) is 11.5 Å². The first kappa shape index (κ1) is 23.7. The van der Waals surface area contributed by atoms with Gasteiger partial charge in [-0.3, -0.25) is 0 Å². The van der Waals surface area contributed by atoms with Gasteiger partial charge in [-0.15, -0.1) is 0 Å². The summed E-state index contributed by atoms with van der Waals surface area (Å²) in [6.07, 6.45) is 1.30. The fourth-order valence-electron chi connectivity index (χ4n) is 2.85. The fraction of sp³-hybridized carbons (Fsp3) is 0.125. The number of sulfone groups is 1. The molecule has 3 rings (SSSR count). The number of halogens is 2. The van der Waals surface area contributed by atoms with Gasteiger partial charge in [-0.25, -0.2) is 8.42 Å². The molecule has 3 aromatic carbocycles. The standard InChI is InChI=1S/C24H19Cl2NO4S/c1-16-3-8-20(9-4-16)32(28,29)21(14-27)11-17-5-10-23(24(12-17)30-2)31-15-18-6-7-19(25)13-22(18)26/h3-13H,15H2,1-2H3. The monoisotopic (exact) mass is 487 g/mol. The number of hydrogen-bond donors (Lipinski definition) is 0. The van der Waals surface area contributed by atoms with Crippen LogP contribution in [0.2, 0.25) is 10.0 Å². The highest BCUT2D eigenvalue weighted by molar-refractivity contribution is 7.95. The largest absolute Gasteiger partial charge is 0.493 e. The highest BCUT2D eigenvalue weighted by atomic mass is 35.5. The van der Waals surface area contributed by atoms with Gasteiger partial charge < -0.3 is 9.47 Å². The topological polar surface area (TPSA) is 76.4 Å². The van der Waals surface area contributed by atoms with E-state index >= 15 is 0 Å². The minimum absolute atomic E-state index is 0.0580. The molecule has 0 fully saturated rings. The summed E-state index contributed by atoms with van der Waals surface area (Å²) >= 11 is 12.1. The van der Waals surface area contributed by atoms with Gasteiger partial charge in [-0.05, 0) is 55.0 Å². The lowest BCUT2D eigenvalue weighted by Gasteiger charge is -2.12. The van der Waals surface area contributed by atoms with Crippen molar-refractivity contribution in [3.63, 3.8) is 0 Å². The summed E-state index contributed by atoms with van der Waals surface area (Å²) in [4.78, 5) is -0.312. The molecule has 0 aliphatic carbocycles. The molecule has 0 aromatic heterocycles. The van der Waals surface area contributed by atoms with Gasteiger partial charge in [0.1, 0.15) is 17.6 Å². The van der Waals surface area contributed by atoms with Crippen LogP contribution in [0, 0.1) is 18.3 Å². The Morgan fingerprint density at radius 1 is 1.03 bits per heavy atom. The van der Waals surface area contributed by atoms with E-state index in [1.54, 1.807) is 54.6 Å². The summed E-state index contributed by atoms with van der Waals surface area (Å²) in [5.41, 5.74) is 2.15. The second-order valence-corrected chi connectivity index (χ2v) is 9.63. The molecule has 0 atom stereocenters. The summed E-state index contributed by atoms with van der Waals surface area (Å²) in [7, 11) is -2.48. The Balaban J connectivity index is 1.87. The second-order valence-electron chi connectivity index (χ2n) is 6.87. The molecule has 0 heterocycles. The highest BCUT2D eigenvalue weighted by Gasteiger charge is 2.21. The third-order valence-electron chi connectivity index (χ3n) is 4.61. The lowest BCUT2D eigenvalue weighted by atomic mass is 10.2. The molecule has 3 aromatic rings. The Kier molecular flexibility index (Phi) is 7.47. The maximum atomic E-state index is 12.8. The third kappa shape index (κ3) is 5.43. The van der Waals surface area contributed by atoms with Crippen molar-refractivity contribution in [2.24, 2.45) is 0 Å². The molecule has 0 spiro atoms. The average molecular weight is 488 g/mol. The SMILES string of the molecule is COc1cc(C=C(C#N)S(=O)(=O)c2ccc(C)cc2)ccc1OCc1ccc(Cl)cc1Cl. The van der Waals surface area contributed by atoms with Crippen molar-refractivity contribution in [2.75, 3.05) is 7.11 Å². The zero-order valence-electron chi connectivity index (χ0n) is 17.3. The molecule has 0 saturated heterocycles. The molecule has 5 nitrogen and oxygen atoms in total. The van der Waals surface area contributed by atoms with Crippen LogP contribution >= 0.6 is 23.2 Å². The van der Waals surface area contributed by atoms with Crippen molar-refractivity contribution >= 4 is 39.1 Å². The van der Waals surface area contributed by atoms with Crippen LogP contribution in [0.3, 0.4) is 0 Å². The van der Waals surface area contributed by atoms with Crippen molar-refractivity contribution in [1.82, 2.24) is 0 Å². The first-order valence-corrected chi connectivity index (χ1v) is 11.7. The van der Waals surface area contributed by atoms with E-state index in [0.717, 1.165) is 11.1 Å². The van der Waals surface area contributed by atoms with E-state index < -0.39 is 9.84 Å². The quantitative estimate of drug-likeness (QED) is 0.369.